The van der Waals surface area contributed by atoms with E-state index in [1.807, 2.05) is 54.6 Å². The van der Waals surface area contributed by atoms with Crippen LogP contribution in [-0.2, 0) is 4.84 Å². The number of hydrogen-bond acceptors (Lipinski definition) is 3. The lowest BCUT2D eigenvalue weighted by atomic mass is 9.70. The third kappa shape index (κ3) is 3.46. The Bertz CT molecular complexity index is 980. The van der Waals surface area contributed by atoms with Gasteiger partial charge in [0.2, 0.25) is 0 Å². The van der Waals surface area contributed by atoms with Gasteiger partial charge in [-0.2, -0.15) is 0 Å². The largest absolute Gasteiger partial charge is 0.437 e. The number of carbonyl (C=O) groups excluding carboxylic acids is 1. The molecular weight excluding hydrogens is 384 g/mol. The first-order valence-electron chi connectivity index (χ1n) is 9.90. The van der Waals surface area contributed by atoms with Crippen LogP contribution in [0.15, 0.2) is 65.3 Å². The van der Waals surface area contributed by atoms with Crippen LogP contribution in [0.1, 0.15) is 39.2 Å². The molecule has 2 aromatic rings. The van der Waals surface area contributed by atoms with Gasteiger partial charge in [-0.25, -0.2) is 4.79 Å². The Kier molecular flexibility index (Phi) is 4.99. The van der Waals surface area contributed by atoms with Gasteiger partial charge in [-0.1, -0.05) is 67.9 Å². The Balaban J connectivity index is 1.64. The molecule has 2 aliphatic rings. The van der Waals surface area contributed by atoms with Gasteiger partial charge in [0.05, 0.1) is 5.71 Å². The Morgan fingerprint density at radius 3 is 2.52 bits per heavy atom. The van der Waals surface area contributed by atoms with Gasteiger partial charge < -0.3 is 0 Å². The zero-order chi connectivity index (χ0) is 20.6. The summed E-state index contributed by atoms with van der Waals surface area (Å²) in [5.74, 6) is 0.378. The Morgan fingerprint density at radius 2 is 1.83 bits per heavy atom. The second-order valence-electron chi connectivity index (χ2n) is 8.61. The van der Waals surface area contributed by atoms with E-state index >= 15 is 0 Å². The van der Waals surface area contributed by atoms with Crippen LogP contribution in [0.25, 0.3) is 6.08 Å². The molecule has 2 fully saturated rings. The van der Waals surface area contributed by atoms with E-state index < -0.39 is 6.09 Å². The zero-order valence-corrected chi connectivity index (χ0v) is 17.7. The number of fused-ring (bicyclic) bond motifs is 2. The number of rotatable bonds is 3. The number of benzene rings is 2. The molecule has 2 aromatic carbocycles. The minimum absolute atomic E-state index is 0.0450. The first-order chi connectivity index (χ1) is 13.8. The number of para-hydroxylation sites is 1. The summed E-state index contributed by atoms with van der Waals surface area (Å²) in [4.78, 5) is 17.6. The van der Waals surface area contributed by atoms with Crippen molar-refractivity contribution in [2.45, 2.75) is 33.6 Å². The molecule has 0 unspecified atom stereocenters. The SMILES string of the molecule is CC1(C)[C@@H]2CC[C@@]1(C)C(=N/OC(=O)Nc1ccccc1)/C2=C/c1ccc(Cl)cc1. The minimum atomic E-state index is -0.585. The Labute approximate surface area is 176 Å². The lowest BCUT2D eigenvalue weighted by Crippen LogP contribution is -2.33. The fourth-order valence-corrected chi connectivity index (χ4v) is 4.89. The van der Waals surface area contributed by atoms with Gasteiger partial charge in [-0.3, -0.25) is 10.2 Å². The zero-order valence-electron chi connectivity index (χ0n) is 16.9. The average molecular weight is 409 g/mol. The van der Waals surface area contributed by atoms with Crippen LogP contribution in [0.3, 0.4) is 0 Å². The van der Waals surface area contributed by atoms with E-state index in [0.29, 0.717) is 16.6 Å². The Morgan fingerprint density at radius 1 is 1.14 bits per heavy atom. The first kappa shape index (κ1) is 19.7. The third-order valence-corrected chi connectivity index (χ3v) is 7.08. The van der Waals surface area contributed by atoms with Gasteiger partial charge in [0, 0.05) is 16.1 Å². The smallest absolute Gasteiger partial charge is 0.297 e. The molecule has 0 radical (unpaired) electrons. The van der Waals surface area contributed by atoms with E-state index in [9.17, 15) is 4.79 Å². The summed E-state index contributed by atoms with van der Waals surface area (Å²) in [5, 5.41) is 7.80. The number of oxime groups is 1. The maximum Gasteiger partial charge on any atom is 0.437 e. The molecule has 2 atom stereocenters. The lowest BCUT2D eigenvalue weighted by molar-refractivity contribution is 0.160. The molecular formula is C24H25ClN2O2. The highest BCUT2D eigenvalue weighted by molar-refractivity contribution is 6.30. The van der Waals surface area contributed by atoms with E-state index in [1.54, 1.807) is 0 Å². The van der Waals surface area contributed by atoms with Crippen molar-refractivity contribution in [1.82, 2.24) is 0 Å². The summed E-state index contributed by atoms with van der Waals surface area (Å²) < 4.78 is 0. The summed E-state index contributed by atoms with van der Waals surface area (Å²) in [6.07, 6.45) is 3.71. The van der Waals surface area contributed by atoms with Gasteiger partial charge in [0.15, 0.2) is 0 Å². The number of halogens is 1. The molecule has 2 bridgehead atoms. The number of nitrogens with one attached hydrogen (secondary N) is 1. The monoisotopic (exact) mass is 408 g/mol. The predicted molar refractivity (Wildman–Crippen MR) is 118 cm³/mol. The molecule has 150 valence electrons. The second-order valence-corrected chi connectivity index (χ2v) is 9.04. The summed E-state index contributed by atoms with van der Waals surface area (Å²) in [6.45, 7) is 6.80. The highest BCUT2D eigenvalue weighted by Gasteiger charge is 2.62. The van der Waals surface area contributed by atoms with Crippen molar-refractivity contribution < 1.29 is 9.63 Å². The molecule has 0 saturated heterocycles. The normalized spacial score (nSPS) is 27.4. The maximum absolute atomic E-state index is 12.3. The van der Waals surface area contributed by atoms with Crippen molar-refractivity contribution in [2.75, 3.05) is 5.32 Å². The lowest BCUT2D eigenvalue weighted by Gasteiger charge is -2.33. The molecule has 4 rings (SSSR count). The van der Waals surface area contributed by atoms with Crippen LogP contribution in [0.5, 0.6) is 0 Å². The molecule has 2 saturated carbocycles. The van der Waals surface area contributed by atoms with E-state index in [1.165, 1.54) is 0 Å². The van der Waals surface area contributed by atoms with Crippen LogP contribution < -0.4 is 5.32 Å². The standard InChI is InChI=1S/C24H25ClN2O2/c1-23(2)20-13-14-24(23,3)21(19(20)15-16-9-11-17(25)12-10-16)27-29-22(28)26-18-7-5-4-6-8-18/h4-12,15,20H,13-14H2,1-3H3,(H,26,28)/b19-15+,27-21+/t20-,24+/m1/s1. The summed E-state index contributed by atoms with van der Waals surface area (Å²) >= 11 is 6.03. The summed E-state index contributed by atoms with van der Waals surface area (Å²) in [7, 11) is 0. The van der Waals surface area contributed by atoms with Crippen molar-refractivity contribution >= 4 is 35.2 Å². The van der Waals surface area contributed by atoms with Crippen LogP contribution in [-0.4, -0.2) is 11.8 Å². The molecule has 0 aromatic heterocycles. The minimum Gasteiger partial charge on any atom is -0.297 e. The van der Waals surface area contributed by atoms with Crippen LogP contribution in [0, 0.1) is 16.7 Å². The van der Waals surface area contributed by atoms with Gasteiger partial charge in [-0.05, 0) is 65.7 Å². The molecule has 1 N–H and O–H groups in total. The summed E-state index contributed by atoms with van der Waals surface area (Å²) in [5.41, 5.74) is 3.68. The summed E-state index contributed by atoms with van der Waals surface area (Å²) in [6, 6.07) is 17.0. The molecule has 2 aliphatic carbocycles. The molecule has 0 heterocycles. The number of carbonyl (C=O) groups is 1. The van der Waals surface area contributed by atoms with Crippen molar-refractivity contribution in [3.05, 3.63) is 70.8 Å². The number of nitrogens with zero attached hydrogens (tertiary/aromatic N) is 1. The van der Waals surface area contributed by atoms with Crippen molar-refractivity contribution in [1.29, 1.82) is 0 Å². The predicted octanol–water partition coefficient (Wildman–Crippen LogP) is 6.78. The van der Waals surface area contributed by atoms with Crippen LogP contribution in [0.4, 0.5) is 10.5 Å². The molecule has 4 nitrogen and oxygen atoms in total. The topological polar surface area (TPSA) is 50.7 Å². The number of allylic oxidation sites excluding steroid dienone is 1. The van der Waals surface area contributed by atoms with E-state index in [-0.39, 0.29) is 10.8 Å². The van der Waals surface area contributed by atoms with Gasteiger partial charge in [-0.15, -0.1) is 0 Å². The molecule has 5 heteroatoms. The first-order valence-corrected chi connectivity index (χ1v) is 10.3. The third-order valence-electron chi connectivity index (χ3n) is 6.83. The van der Waals surface area contributed by atoms with Crippen LogP contribution in [0.2, 0.25) is 5.02 Å². The van der Waals surface area contributed by atoms with E-state index in [2.05, 4.69) is 37.3 Å². The molecule has 29 heavy (non-hydrogen) atoms. The average Bonchev–Trinajstić information content (AvgIpc) is 3.01. The molecule has 0 aliphatic heterocycles. The number of hydrogen-bond donors (Lipinski definition) is 1. The quantitative estimate of drug-likeness (QED) is 0.449. The van der Waals surface area contributed by atoms with Crippen molar-refractivity contribution in [3.63, 3.8) is 0 Å². The maximum atomic E-state index is 12.3. The fraction of sp³-hybridized carbons (Fsp3) is 0.333. The van der Waals surface area contributed by atoms with Gasteiger partial charge in [0.25, 0.3) is 0 Å². The van der Waals surface area contributed by atoms with Gasteiger partial charge in [0.1, 0.15) is 0 Å². The fourth-order valence-electron chi connectivity index (χ4n) is 4.76. The van der Waals surface area contributed by atoms with E-state index in [0.717, 1.165) is 29.7 Å². The Hall–Kier alpha value is -2.59. The number of amides is 1. The second kappa shape index (κ2) is 7.34. The highest BCUT2D eigenvalue weighted by Crippen LogP contribution is 2.66. The van der Waals surface area contributed by atoms with Crippen molar-refractivity contribution in [3.8, 4) is 0 Å². The van der Waals surface area contributed by atoms with Gasteiger partial charge >= 0.3 is 6.09 Å². The van der Waals surface area contributed by atoms with Crippen LogP contribution >= 0.6 is 11.6 Å². The van der Waals surface area contributed by atoms with Crippen molar-refractivity contribution in [2.24, 2.45) is 21.9 Å². The number of anilines is 1. The highest BCUT2D eigenvalue weighted by atomic mass is 35.5. The molecule has 1 amide bonds. The van der Waals surface area contributed by atoms with E-state index in [4.69, 9.17) is 16.4 Å². The molecule has 0 spiro atoms.